The number of carboxylic acids is 1. The molecule has 2 heterocycles. The molecule has 29 heavy (non-hydrogen) atoms. The molecule has 1 amide bonds. The second kappa shape index (κ2) is 8.26. The molecule has 3 rings (SSSR count). The van der Waals surface area contributed by atoms with Gasteiger partial charge in [0.15, 0.2) is 5.69 Å². The van der Waals surface area contributed by atoms with E-state index in [0.29, 0.717) is 28.0 Å². The second-order valence-corrected chi connectivity index (χ2v) is 7.43. The molecule has 0 aliphatic rings. The number of aryl methyl sites for hydroxylation is 1. The maximum absolute atomic E-state index is 12.7. The number of aromatic nitrogens is 4. The number of nitrogens with zero attached hydrogens (tertiary/aromatic N) is 4. The summed E-state index contributed by atoms with van der Waals surface area (Å²) in [6.07, 6.45) is 1.46. The van der Waals surface area contributed by atoms with Crippen molar-refractivity contribution < 1.29 is 14.7 Å². The lowest BCUT2D eigenvalue weighted by atomic mass is 10.2. The number of benzene rings is 1. The summed E-state index contributed by atoms with van der Waals surface area (Å²) >= 11 is 12.2. The number of hydrogen-bond donors (Lipinski definition) is 2. The molecule has 0 bridgehead atoms. The number of nitrogens with one attached hydrogen (secondary N) is 1. The second-order valence-electron chi connectivity index (χ2n) is 6.59. The number of carbonyl (C=O) groups is 2. The highest BCUT2D eigenvalue weighted by Gasteiger charge is 2.21. The third-order valence-electron chi connectivity index (χ3n) is 4.57. The van der Waals surface area contributed by atoms with E-state index in [4.69, 9.17) is 28.3 Å². The summed E-state index contributed by atoms with van der Waals surface area (Å²) in [7, 11) is 0. The lowest BCUT2D eigenvalue weighted by Gasteiger charge is -2.13. The number of carbonyl (C=O) groups excluding carboxylic acids is 1. The van der Waals surface area contributed by atoms with E-state index < -0.39 is 12.0 Å². The van der Waals surface area contributed by atoms with E-state index in [1.165, 1.54) is 16.9 Å². The third-order valence-corrected chi connectivity index (χ3v) is 5.16. The topological polar surface area (TPSA) is 102 Å². The van der Waals surface area contributed by atoms with E-state index in [2.05, 4.69) is 15.5 Å². The highest BCUT2D eigenvalue weighted by atomic mass is 35.5. The van der Waals surface area contributed by atoms with Crippen molar-refractivity contribution in [1.29, 1.82) is 0 Å². The molecule has 2 aromatic heterocycles. The molecule has 0 saturated heterocycles. The van der Waals surface area contributed by atoms with Crippen molar-refractivity contribution in [2.24, 2.45) is 0 Å². The molecule has 2 N–H and O–H groups in total. The van der Waals surface area contributed by atoms with E-state index >= 15 is 0 Å². The molecule has 3 aromatic rings. The van der Waals surface area contributed by atoms with Crippen molar-refractivity contribution in [3.63, 3.8) is 0 Å². The molecule has 8 nitrogen and oxygen atoms in total. The Bertz CT molecular complexity index is 1090. The highest BCUT2D eigenvalue weighted by molar-refractivity contribution is 6.35. The number of halogens is 2. The molecule has 0 radical (unpaired) electrons. The molecule has 0 aliphatic carbocycles. The van der Waals surface area contributed by atoms with Crippen molar-refractivity contribution in [2.45, 2.75) is 33.4 Å². The predicted octanol–water partition coefficient (Wildman–Crippen LogP) is 3.95. The SMILES string of the molecule is Cc1nn(Cc2ccc(Cl)cc2Cl)c(C)c1NC(=O)C(C)n1ccc(C(=O)O)n1. The van der Waals surface area contributed by atoms with Gasteiger partial charge in [-0.25, -0.2) is 4.79 Å². The lowest BCUT2D eigenvalue weighted by molar-refractivity contribution is -0.119. The van der Waals surface area contributed by atoms with Crippen molar-refractivity contribution in [2.75, 3.05) is 5.32 Å². The van der Waals surface area contributed by atoms with Crippen LogP contribution in [0.1, 0.15) is 40.4 Å². The maximum Gasteiger partial charge on any atom is 0.356 e. The van der Waals surface area contributed by atoms with E-state index in [-0.39, 0.29) is 11.6 Å². The van der Waals surface area contributed by atoms with Crippen molar-refractivity contribution >= 4 is 40.8 Å². The van der Waals surface area contributed by atoms with Crippen LogP contribution in [0, 0.1) is 13.8 Å². The van der Waals surface area contributed by atoms with Crippen LogP contribution in [-0.2, 0) is 11.3 Å². The average molecular weight is 436 g/mol. The smallest absolute Gasteiger partial charge is 0.356 e. The fourth-order valence-electron chi connectivity index (χ4n) is 2.86. The van der Waals surface area contributed by atoms with Crippen LogP contribution in [-0.4, -0.2) is 36.5 Å². The van der Waals surface area contributed by atoms with Gasteiger partial charge < -0.3 is 10.4 Å². The van der Waals surface area contributed by atoms with Crippen LogP contribution in [0.3, 0.4) is 0 Å². The summed E-state index contributed by atoms with van der Waals surface area (Å²) in [5, 5.41) is 21.3. The Morgan fingerprint density at radius 2 is 1.93 bits per heavy atom. The number of amides is 1. The van der Waals surface area contributed by atoms with Crippen LogP contribution in [0.25, 0.3) is 0 Å². The summed E-state index contributed by atoms with van der Waals surface area (Å²) in [6.45, 7) is 5.70. The first-order valence-electron chi connectivity index (χ1n) is 8.74. The molecule has 1 unspecified atom stereocenters. The minimum absolute atomic E-state index is 0.121. The first kappa shape index (κ1) is 20.9. The van der Waals surface area contributed by atoms with Crippen LogP contribution < -0.4 is 5.32 Å². The number of hydrogen-bond acceptors (Lipinski definition) is 4. The summed E-state index contributed by atoms with van der Waals surface area (Å²) in [4.78, 5) is 23.6. The molecule has 0 fully saturated rings. The van der Waals surface area contributed by atoms with E-state index in [0.717, 1.165) is 11.3 Å². The Morgan fingerprint density at radius 1 is 1.21 bits per heavy atom. The number of aromatic carboxylic acids is 1. The van der Waals surface area contributed by atoms with Crippen LogP contribution in [0.2, 0.25) is 10.0 Å². The van der Waals surface area contributed by atoms with Crippen molar-refractivity contribution in [3.05, 3.63) is 63.2 Å². The minimum Gasteiger partial charge on any atom is -0.476 e. The van der Waals surface area contributed by atoms with E-state index in [1.807, 2.05) is 13.0 Å². The molecule has 0 aliphatic heterocycles. The molecule has 0 spiro atoms. The van der Waals surface area contributed by atoms with E-state index in [9.17, 15) is 9.59 Å². The Kier molecular flexibility index (Phi) is 5.95. The molecule has 152 valence electrons. The van der Waals surface area contributed by atoms with Gasteiger partial charge in [-0.15, -0.1) is 0 Å². The van der Waals surface area contributed by atoms with Crippen LogP contribution in [0.4, 0.5) is 5.69 Å². The number of rotatable bonds is 6. The Labute approximate surface area is 177 Å². The third kappa shape index (κ3) is 4.44. The monoisotopic (exact) mass is 435 g/mol. The van der Waals surface area contributed by atoms with E-state index in [1.54, 1.807) is 30.7 Å². The fraction of sp³-hybridized carbons (Fsp3) is 0.263. The molecular weight excluding hydrogens is 417 g/mol. The van der Waals surface area contributed by atoms with Gasteiger partial charge in [0, 0.05) is 16.2 Å². The van der Waals surface area contributed by atoms with Gasteiger partial charge in [-0.1, -0.05) is 29.3 Å². The Morgan fingerprint density at radius 3 is 2.55 bits per heavy atom. The minimum atomic E-state index is -1.15. The van der Waals surface area contributed by atoms with Crippen LogP contribution in [0.15, 0.2) is 30.5 Å². The van der Waals surface area contributed by atoms with Gasteiger partial charge in [0.2, 0.25) is 5.91 Å². The summed E-state index contributed by atoms with van der Waals surface area (Å²) in [5.74, 6) is -1.48. The van der Waals surface area contributed by atoms with Gasteiger partial charge in [0.25, 0.3) is 0 Å². The van der Waals surface area contributed by atoms with Crippen LogP contribution >= 0.6 is 23.2 Å². The molecule has 1 aromatic carbocycles. The summed E-state index contributed by atoms with van der Waals surface area (Å²) in [6, 6.07) is 5.91. The van der Waals surface area contributed by atoms with Crippen LogP contribution in [0.5, 0.6) is 0 Å². The largest absolute Gasteiger partial charge is 0.476 e. The molecule has 10 heteroatoms. The van der Waals surface area contributed by atoms with Gasteiger partial charge in [-0.05, 0) is 44.5 Å². The molecule has 1 atom stereocenters. The quantitative estimate of drug-likeness (QED) is 0.609. The Balaban J connectivity index is 1.78. The zero-order chi connectivity index (χ0) is 21.3. The summed E-state index contributed by atoms with van der Waals surface area (Å²) < 4.78 is 3.06. The lowest BCUT2D eigenvalue weighted by Crippen LogP contribution is -2.25. The van der Waals surface area contributed by atoms with Gasteiger partial charge in [-0.2, -0.15) is 10.2 Å². The zero-order valence-corrected chi connectivity index (χ0v) is 17.5. The summed E-state index contributed by atoms with van der Waals surface area (Å²) in [5.41, 5.74) is 2.74. The zero-order valence-electron chi connectivity index (χ0n) is 16.0. The van der Waals surface area contributed by atoms with Gasteiger partial charge in [-0.3, -0.25) is 14.2 Å². The fourth-order valence-corrected chi connectivity index (χ4v) is 3.33. The predicted molar refractivity (Wildman–Crippen MR) is 110 cm³/mol. The van der Waals surface area contributed by atoms with Gasteiger partial charge in [0.05, 0.1) is 23.6 Å². The van der Waals surface area contributed by atoms with Crippen molar-refractivity contribution in [1.82, 2.24) is 19.6 Å². The maximum atomic E-state index is 12.7. The highest BCUT2D eigenvalue weighted by Crippen LogP contribution is 2.25. The first-order chi connectivity index (χ1) is 13.7. The standard InChI is InChI=1S/C19H19Cl2N5O3/c1-10-17(22-18(27)12(3)25-7-6-16(24-25)19(28)29)11(2)26(23-10)9-13-4-5-14(20)8-15(13)21/h4-8,12H,9H2,1-3H3,(H,22,27)(H,28,29). The first-order valence-corrected chi connectivity index (χ1v) is 9.50. The van der Waals surface area contributed by atoms with Gasteiger partial charge >= 0.3 is 5.97 Å². The number of carboxylic acid groups (broad SMARTS) is 1. The van der Waals surface area contributed by atoms with Gasteiger partial charge in [0.1, 0.15) is 6.04 Å². The Hall–Kier alpha value is -2.84. The molecular formula is C19H19Cl2N5O3. The number of anilines is 1. The normalized spacial score (nSPS) is 12.0. The molecule has 0 saturated carbocycles. The van der Waals surface area contributed by atoms with Crippen molar-refractivity contribution in [3.8, 4) is 0 Å². The average Bonchev–Trinajstić information content (AvgIpc) is 3.25.